The van der Waals surface area contributed by atoms with Crippen LogP contribution >= 0.6 is 0 Å². The van der Waals surface area contributed by atoms with Gasteiger partial charge >= 0.3 is 0 Å². The minimum atomic E-state index is -0.509. The summed E-state index contributed by atoms with van der Waals surface area (Å²) in [5, 5.41) is 0. The van der Waals surface area contributed by atoms with Gasteiger partial charge in [-0.3, -0.25) is 0 Å². The van der Waals surface area contributed by atoms with E-state index in [0.717, 1.165) is 19.3 Å². The number of fused-ring (bicyclic) bond motifs is 2. The fourth-order valence-electron chi connectivity index (χ4n) is 2.61. The van der Waals surface area contributed by atoms with E-state index in [9.17, 15) is 0 Å². The molecule has 0 radical (unpaired) electrons. The molecule has 0 aromatic heterocycles. The molecule has 10 heavy (non-hydrogen) atoms. The summed E-state index contributed by atoms with van der Waals surface area (Å²) < 4.78 is 16.4. The van der Waals surface area contributed by atoms with E-state index in [0.29, 0.717) is 5.92 Å². The normalized spacial score (nSPS) is 67.7. The minimum absolute atomic E-state index is 0.0851. The molecule has 0 heterocycles. The van der Waals surface area contributed by atoms with Crippen molar-refractivity contribution in [2.24, 2.45) is 23.1 Å². The van der Waals surface area contributed by atoms with Crippen molar-refractivity contribution in [1.29, 1.82) is 0 Å². The van der Waals surface area contributed by atoms with Crippen LogP contribution in [0.5, 0.6) is 0 Å². The molecule has 0 N–H and O–H groups in total. The molecule has 3 aliphatic rings. The van der Waals surface area contributed by atoms with Crippen LogP contribution in [0.15, 0.2) is 0 Å². The van der Waals surface area contributed by atoms with Gasteiger partial charge in [0.05, 0.1) is 0 Å². The van der Waals surface area contributed by atoms with Crippen LogP contribution in [0, 0.1) is 23.1 Å². The monoisotopic (exact) mass is 140 g/mol. The second kappa shape index (κ2) is 1.78. The van der Waals surface area contributed by atoms with E-state index in [4.69, 9.17) is 2.74 Å². The summed E-state index contributed by atoms with van der Waals surface area (Å²) in [6, 6.07) is 0. The SMILES string of the molecule is [2H]C1(C)CCC2CC1([2H])C2(C)C. The number of hydrogen-bond acceptors (Lipinski definition) is 0. The van der Waals surface area contributed by atoms with Gasteiger partial charge in [-0.1, -0.05) is 27.2 Å². The van der Waals surface area contributed by atoms with E-state index in [1.807, 2.05) is 6.92 Å². The summed E-state index contributed by atoms with van der Waals surface area (Å²) in [7, 11) is 0. The predicted molar refractivity (Wildman–Crippen MR) is 43.8 cm³/mol. The highest BCUT2D eigenvalue weighted by atomic mass is 14.6. The van der Waals surface area contributed by atoms with Crippen molar-refractivity contribution in [2.45, 2.75) is 40.0 Å². The number of hydrogen-bond donors (Lipinski definition) is 0. The van der Waals surface area contributed by atoms with Crippen molar-refractivity contribution in [3.05, 3.63) is 0 Å². The molecular weight excluding hydrogens is 120 g/mol. The third kappa shape index (κ3) is 0.627. The average molecular weight is 140 g/mol. The predicted octanol–water partition coefficient (Wildman–Crippen LogP) is 3.08. The first-order valence-corrected chi connectivity index (χ1v) is 4.31. The third-order valence-electron chi connectivity index (χ3n) is 3.63. The van der Waals surface area contributed by atoms with Crippen molar-refractivity contribution >= 4 is 0 Å². The molecule has 0 heteroatoms. The highest BCUT2D eigenvalue weighted by Crippen LogP contribution is 2.61. The Morgan fingerprint density at radius 2 is 2.10 bits per heavy atom. The summed E-state index contributed by atoms with van der Waals surface area (Å²) in [5.74, 6) is -0.262. The van der Waals surface area contributed by atoms with Crippen LogP contribution < -0.4 is 0 Å². The zero-order valence-corrected chi connectivity index (χ0v) is 7.20. The van der Waals surface area contributed by atoms with Crippen molar-refractivity contribution in [3.8, 4) is 0 Å². The lowest BCUT2D eigenvalue weighted by Crippen LogP contribution is -2.51. The van der Waals surface area contributed by atoms with Gasteiger partial charge in [0.25, 0.3) is 0 Å². The summed E-state index contributed by atoms with van der Waals surface area (Å²) in [6.07, 6.45) is 3.04. The maximum atomic E-state index is 8.31. The molecular formula is C10H18. The molecule has 0 saturated heterocycles. The van der Waals surface area contributed by atoms with Gasteiger partial charge in [0, 0.05) is 2.74 Å². The summed E-state index contributed by atoms with van der Waals surface area (Å²) in [4.78, 5) is 0. The van der Waals surface area contributed by atoms with Gasteiger partial charge in [-0.05, 0) is 36.0 Å². The van der Waals surface area contributed by atoms with Crippen LogP contribution in [0.25, 0.3) is 0 Å². The van der Waals surface area contributed by atoms with Gasteiger partial charge in [0.2, 0.25) is 0 Å². The highest BCUT2D eigenvalue weighted by Gasteiger charge is 2.52. The Morgan fingerprint density at radius 3 is 2.50 bits per heavy atom. The fourth-order valence-corrected chi connectivity index (χ4v) is 2.61. The molecule has 3 atom stereocenters. The maximum Gasteiger partial charge on any atom is 0.0311 e. The van der Waals surface area contributed by atoms with E-state index in [1.54, 1.807) is 0 Å². The largest absolute Gasteiger partial charge is 0.0622 e. The first-order valence-electron chi connectivity index (χ1n) is 5.31. The molecule has 3 fully saturated rings. The average Bonchev–Trinajstić information content (AvgIpc) is 1.94. The Hall–Kier alpha value is 0. The highest BCUT2D eigenvalue weighted by molar-refractivity contribution is 5.01. The number of rotatable bonds is 0. The molecule has 3 unspecified atom stereocenters. The summed E-state index contributed by atoms with van der Waals surface area (Å²) in [5.41, 5.74) is 0.0851. The lowest BCUT2D eigenvalue weighted by molar-refractivity contribution is -0.0988. The van der Waals surface area contributed by atoms with Crippen LogP contribution in [0.2, 0.25) is 0 Å². The topological polar surface area (TPSA) is 0 Å². The van der Waals surface area contributed by atoms with E-state index in [2.05, 4.69) is 13.8 Å². The van der Waals surface area contributed by atoms with E-state index >= 15 is 0 Å². The van der Waals surface area contributed by atoms with Gasteiger partial charge in [0.15, 0.2) is 0 Å². The van der Waals surface area contributed by atoms with Crippen molar-refractivity contribution in [2.75, 3.05) is 0 Å². The van der Waals surface area contributed by atoms with Crippen LogP contribution in [0.3, 0.4) is 0 Å². The molecule has 0 nitrogen and oxygen atoms in total. The van der Waals surface area contributed by atoms with Gasteiger partial charge < -0.3 is 0 Å². The molecule has 3 saturated carbocycles. The summed E-state index contributed by atoms with van der Waals surface area (Å²) >= 11 is 0. The Morgan fingerprint density at radius 1 is 1.40 bits per heavy atom. The molecule has 3 rings (SSSR count). The van der Waals surface area contributed by atoms with E-state index in [-0.39, 0.29) is 5.41 Å². The Bertz CT molecular complexity index is 210. The van der Waals surface area contributed by atoms with E-state index < -0.39 is 11.8 Å². The van der Waals surface area contributed by atoms with Gasteiger partial charge in [-0.25, -0.2) is 0 Å². The summed E-state index contributed by atoms with van der Waals surface area (Å²) in [6.45, 7) is 6.28. The Balaban J connectivity index is 2.37. The third-order valence-corrected chi connectivity index (χ3v) is 3.63. The van der Waals surface area contributed by atoms with Crippen LogP contribution in [-0.4, -0.2) is 0 Å². The van der Waals surface area contributed by atoms with Crippen LogP contribution in [0.4, 0.5) is 0 Å². The standard InChI is InChI=1S/C10H18/c1-7-4-5-8-6-9(7)10(8,2)3/h7-9H,4-6H2,1-3H3/i7D,9D. The second-order valence-corrected chi connectivity index (χ2v) is 4.42. The smallest absolute Gasteiger partial charge is 0.0311 e. The van der Waals surface area contributed by atoms with E-state index in [1.165, 1.54) is 0 Å². The molecule has 0 amide bonds. The van der Waals surface area contributed by atoms with Gasteiger partial charge in [-0.2, -0.15) is 0 Å². The van der Waals surface area contributed by atoms with Crippen molar-refractivity contribution in [3.63, 3.8) is 0 Å². The zero-order chi connectivity index (χ0) is 9.20. The molecule has 58 valence electrons. The molecule has 3 aliphatic carbocycles. The van der Waals surface area contributed by atoms with Gasteiger partial charge in [-0.15, -0.1) is 0 Å². The quantitative estimate of drug-likeness (QED) is 0.485. The zero-order valence-electron chi connectivity index (χ0n) is 9.20. The van der Waals surface area contributed by atoms with Crippen LogP contribution in [0.1, 0.15) is 42.8 Å². The lowest BCUT2D eigenvalue weighted by Gasteiger charge is -2.59. The lowest BCUT2D eigenvalue weighted by atomic mass is 9.46. The van der Waals surface area contributed by atoms with Gasteiger partial charge in [0.1, 0.15) is 0 Å². The fraction of sp³-hybridized carbons (Fsp3) is 1.00. The van der Waals surface area contributed by atoms with Crippen LogP contribution in [-0.2, 0) is 0 Å². The second-order valence-electron chi connectivity index (χ2n) is 4.42. The molecule has 0 aromatic rings. The molecule has 0 aromatic carbocycles. The first-order chi connectivity index (χ1) is 5.31. The minimum Gasteiger partial charge on any atom is -0.0622 e. The molecule has 0 aliphatic heterocycles. The first kappa shape index (κ1) is 4.79. The Labute approximate surface area is 66.8 Å². The van der Waals surface area contributed by atoms with Crippen molar-refractivity contribution in [1.82, 2.24) is 0 Å². The Kier molecular flexibility index (Phi) is 0.852. The molecule has 2 bridgehead atoms. The maximum absolute atomic E-state index is 8.31. The molecule has 0 spiro atoms. The van der Waals surface area contributed by atoms with Crippen molar-refractivity contribution < 1.29 is 2.74 Å².